The standard InChI is InChI=1S/C10H8ClNO/c1-6-2-3-8-9(10(6)11)7(5-13)4-12-8/h2-5,12H,1H3. The molecule has 0 atom stereocenters. The van der Waals surface area contributed by atoms with Gasteiger partial charge in [0.05, 0.1) is 5.02 Å². The van der Waals surface area contributed by atoms with Gasteiger partial charge < -0.3 is 4.98 Å². The van der Waals surface area contributed by atoms with E-state index in [0.717, 1.165) is 22.8 Å². The predicted molar refractivity (Wildman–Crippen MR) is 53.4 cm³/mol. The number of halogens is 1. The van der Waals surface area contributed by atoms with Gasteiger partial charge in [0.25, 0.3) is 0 Å². The van der Waals surface area contributed by atoms with Crippen LogP contribution >= 0.6 is 11.6 Å². The Labute approximate surface area is 80.5 Å². The highest BCUT2D eigenvalue weighted by atomic mass is 35.5. The number of hydrogen-bond acceptors (Lipinski definition) is 1. The van der Waals surface area contributed by atoms with Crippen molar-refractivity contribution in [3.05, 3.63) is 34.5 Å². The Morgan fingerprint density at radius 1 is 1.46 bits per heavy atom. The number of benzene rings is 1. The minimum Gasteiger partial charge on any atom is -0.360 e. The van der Waals surface area contributed by atoms with Crippen molar-refractivity contribution >= 4 is 28.8 Å². The summed E-state index contributed by atoms with van der Waals surface area (Å²) in [5.74, 6) is 0. The van der Waals surface area contributed by atoms with E-state index in [1.54, 1.807) is 6.20 Å². The van der Waals surface area contributed by atoms with Gasteiger partial charge in [0.1, 0.15) is 0 Å². The summed E-state index contributed by atoms with van der Waals surface area (Å²) in [6, 6.07) is 3.85. The average molecular weight is 194 g/mol. The molecule has 0 aliphatic rings. The first-order valence-corrected chi connectivity index (χ1v) is 4.33. The molecule has 1 aromatic heterocycles. The lowest BCUT2D eigenvalue weighted by molar-refractivity contribution is 0.112. The van der Waals surface area contributed by atoms with Crippen molar-refractivity contribution in [2.75, 3.05) is 0 Å². The van der Waals surface area contributed by atoms with E-state index in [0.29, 0.717) is 10.6 Å². The zero-order valence-electron chi connectivity index (χ0n) is 7.10. The SMILES string of the molecule is Cc1ccc2[nH]cc(C=O)c2c1Cl. The van der Waals surface area contributed by atoms with Gasteiger partial charge in [0.2, 0.25) is 0 Å². The maximum atomic E-state index is 10.7. The topological polar surface area (TPSA) is 32.9 Å². The van der Waals surface area contributed by atoms with Gasteiger partial charge in [-0.25, -0.2) is 0 Å². The largest absolute Gasteiger partial charge is 0.360 e. The van der Waals surface area contributed by atoms with E-state index in [-0.39, 0.29) is 0 Å². The molecule has 0 aliphatic carbocycles. The summed E-state index contributed by atoms with van der Waals surface area (Å²) in [7, 11) is 0. The van der Waals surface area contributed by atoms with Crippen molar-refractivity contribution < 1.29 is 4.79 Å². The number of aldehydes is 1. The van der Waals surface area contributed by atoms with Gasteiger partial charge in [-0.2, -0.15) is 0 Å². The van der Waals surface area contributed by atoms with Gasteiger partial charge in [-0.05, 0) is 18.6 Å². The second-order valence-corrected chi connectivity index (χ2v) is 3.36. The lowest BCUT2D eigenvalue weighted by Crippen LogP contribution is -1.80. The fourth-order valence-corrected chi connectivity index (χ4v) is 1.68. The van der Waals surface area contributed by atoms with Crippen LogP contribution in [0.25, 0.3) is 10.9 Å². The number of rotatable bonds is 1. The van der Waals surface area contributed by atoms with Gasteiger partial charge in [0.15, 0.2) is 6.29 Å². The van der Waals surface area contributed by atoms with Crippen LogP contribution in [0.15, 0.2) is 18.3 Å². The molecule has 66 valence electrons. The van der Waals surface area contributed by atoms with E-state index in [1.165, 1.54) is 0 Å². The van der Waals surface area contributed by atoms with Crippen molar-refractivity contribution in [1.29, 1.82) is 0 Å². The van der Waals surface area contributed by atoms with Crippen LogP contribution in [0.3, 0.4) is 0 Å². The van der Waals surface area contributed by atoms with E-state index >= 15 is 0 Å². The predicted octanol–water partition coefficient (Wildman–Crippen LogP) is 2.94. The Morgan fingerprint density at radius 3 is 2.92 bits per heavy atom. The third kappa shape index (κ3) is 1.14. The van der Waals surface area contributed by atoms with Gasteiger partial charge in [-0.1, -0.05) is 17.7 Å². The average Bonchev–Trinajstić information content (AvgIpc) is 2.55. The Morgan fingerprint density at radius 2 is 2.23 bits per heavy atom. The zero-order chi connectivity index (χ0) is 9.42. The van der Waals surface area contributed by atoms with Crippen LogP contribution in [0.4, 0.5) is 0 Å². The highest BCUT2D eigenvalue weighted by Gasteiger charge is 2.07. The van der Waals surface area contributed by atoms with Crippen LogP contribution < -0.4 is 0 Å². The minimum atomic E-state index is 0.615. The molecule has 0 bridgehead atoms. The van der Waals surface area contributed by atoms with Crippen LogP contribution in [0.1, 0.15) is 15.9 Å². The molecular weight excluding hydrogens is 186 g/mol. The number of carbonyl (C=O) groups is 1. The number of H-pyrrole nitrogens is 1. The van der Waals surface area contributed by atoms with Crippen LogP contribution in [0.2, 0.25) is 5.02 Å². The molecule has 2 rings (SSSR count). The Balaban J connectivity index is 2.93. The molecule has 0 aliphatic heterocycles. The van der Waals surface area contributed by atoms with Crippen molar-refractivity contribution in [3.8, 4) is 0 Å². The molecule has 0 saturated heterocycles. The Kier molecular flexibility index (Phi) is 1.85. The summed E-state index contributed by atoms with van der Waals surface area (Å²) in [4.78, 5) is 13.7. The minimum absolute atomic E-state index is 0.615. The van der Waals surface area contributed by atoms with E-state index in [9.17, 15) is 4.79 Å². The molecule has 0 amide bonds. The van der Waals surface area contributed by atoms with Crippen LogP contribution in [-0.2, 0) is 0 Å². The quantitative estimate of drug-likeness (QED) is 0.694. The molecule has 0 spiro atoms. The number of aryl methyl sites for hydroxylation is 1. The van der Waals surface area contributed by atoms with E-state index in [2.05, 4.69) is 4.98 Å². The first-order valence-electron chi connectivity index (χ1n) is 3.95. The van der Waals surface area contributed by atoms with E-state index < -0.39 is 0 Å². The summed E-state index contributed by atoms with van der Waals surface area (Å²) in [6.07, 6.45) is 2.48. The molecule has 2 nitrogen and oxygen atoms in total. The molecule has 1 N–H and O–H groups in total. The third-order valence-electron chi connectivity index (χ3n) is 2.13. The molecule has 1 aromatic carbocycles. The van der Waals surface area contributed by atoms with Crippen LogP contribution in [-0.4, -0.2) is 11.3 Å². The first-order chi connectivity index (χ1) is 6.24. The van der Waals surface area contributed by atoms with E-state index in [4.69, 9.17) is 11.6 Å². The number of aromatic amines is 1. The molecule has 3 heteroatoms. The molecule has 1 heterocycles. The normalized spacial score (nSPS) is 10.6. The van der Waals surface area contributed by atoms with Gasteiger partial charge >= 0.3 is 0 Å². The summed E-state index contributed by atoms with van der Waals surface area (Å²) in [5, 5.41) is 1.47. The number of fused-ring (bicyclic) bond motifs is 1. The highest BCUT2D eigenvalue weighted by Crippen LogP contribution is 2.28. The molecule has 0 unspecified atom stereocenters. The van der Waals surface area contributed by atoms with Crippen LogP contribution in [0.5, 0.6) is 0 Å². The molecule has 2 aromatic rings. The highest BCUT2D eigenvalue weighted by molar-refractivity contribution is 6.37. The smallest absolute Gasteiger partial charge is 0.152 e. The fraction of sp³-hybridized carbons (Fsp3) is 0.100. The van der Waals surface area contributed by atoms with Gasteiger partial charge in [-0.15, -0.1) is 0 Å². The van der Waals surface area contributed by atoms with Crippen LogP contribution in [0, 0.1) is 6.92 Å². The number of aromatic nitrogens is 1. The lowest BCUT2D eigenvalue weighted by atomic mass is 10.1. The fourth-order valence-electron chi connectivity index (χ4n) is 1.40. The molecule has 13 heavy (non-hydrogen) atoms. The zero-order valence-corrected chi connectivity index (χ0v) is 7.85. The number of hydrogen-bond donors (Lipinski definition) is 1. The maximum absolute atomic E-state index is 10.7. The molecule has 0 fully saturated rings. The van der Waals surface area contributed by atoms with Crippen molar-refractivity contribution in [2.24, 2.45) is 0 Å². The monoisotopic (exact) mass is 193 g/mol. The van der Waals surface area contributed by atoms with Gasteiger partial charge in [0, 0.05) is 22.7 Å². The van der Waals surface area contributed by atoms with Crippen molar-refractivity contribution in [3.63, 3.8) is 0 Å². The Bertz CT molecular complexity index is 473. The summed E-state index contributed by atoms with van der Waals surface area (Å²) in [5.41, 5.74) is 2.50. The number of nitrogens with one attached hydrogen (secondary N) is 1. The first kappa shape index (κ1) is 8.32. The van der Waals surface area contributed by atoms with Crippen molar-refractivity contribution in [2.45, 2.75) is 6.92 Å². The summed E-state index contributed by atoms with van der Waals surface area (Å²) < 4.78 is 0. The molecular formula is C10H8ClNO. The molecule has 0 radical (unpaired) electrons. The second kappa shape index (κ2) is 2.89. The number of carbonyl (C=O) groups excluding carboxylic acids is 1. The van der Waals surface area contributed by atoms with E-state index in [1.807, 2.05) is 19.1 Å². The van der Waals surface area contributed by atoms with Crippen molar-refractivity contribution in [1.82, 2.24) is 4.98 Å². The summed E-state index contributed by atoms with van der Waals surface area (Å²) >= 11 is 6.07. The third-order valence-corrected chi connectivity index (χ3v) is 2.62. The molecule has 0 saturated carbocycles. The second-order valence-electron chi connectivity index (χ2n) is 2.98. The Hall–Kier alpha value is -1.28. The lowest BCUT2D eigenvalue weighted by Gasteiger charge is -1.99. The van der Waals surface area contributed by atoms with Gasteiger partial charge in [-0.3, -0.25) is 4.79 Å². The summed E-state index contributed by atoms with van der Waals surface area (Å²) in [6.45, 7) is 1.92. The maximum Gasteiger partial charge on any atom is 0.152 e.